The van der Waals surface area contributed by atoms with Crippen LogP contribution < -0.4 is 4.74 Å². The Morgan fingerprint density at radius 2 is 2.12 bits per heavy atom. The van der Waals surface area contributed by atoms with E-state index in [2.05, 4.69) is 0 Å². The molecule has 1 heterocycles. The maximum atomic E-state index is 12.7. The van der Waals surface area contributed by atoms with Gasteiger partial charge in [0.1, 0.15) is 5.75 Å². The summed E-state index contributed by atoms with van der Waals surface area (Å²) in [4.78, 5) is 14.5. The molecular formula is C19H20ClNO3. The first-order valence-corrected chi connectivity index (χ1v) is 8.37. The monoisotopic (exact) mass is 345 g/mol. The van der Waals surface area contributed by atoms with Crippen molar-refractivity contribution in [3.05, 3.63) is 64.2 Å². The summed E-state index contributed by atoms with van der Waals surface area (Å²) in [6.07, 6.45) is 0.241. The number of ether oxygens (including phenoxy) is 1. The molecule has 0 aromatic heterocycles. The number of rotatable bonds is 4. The summed E-state index contributed by atoms with van der Waals surface area (Å²) in [6, 6.07) is 13.0. The van der Waals surface area contributed by atoms with Gasteiger partial charge in [-0.15, -0.1) is 0 Å². The average Bonchev–Trinajstić information content (AvgIpc) is 2.60. The number of carbonyl (C=O) groups is 1. The predicted molar refractivity (Wildman–Crippen MR) is 93.0 cm³/mol. The number of amides is 1. The molecule has 2 aromatic rings. The Morgan fingerprint density at radius 1 is 1.29 bits per heavy atom. The fourth-order valence-corrected chi connectivity index (χ4v) is 3.14. The van der Waals surface area contributed by atoms with E-state index in [1.165, 1.54) is 5.56 Å². The van der Waals surface area contributed by atoms with Crippen LogP contribution in [0.3, 0.4) is 0 Å². The van der Waals surface area contributed by atoms with E-state index >= 15 is 0 Å². The van der Waals surface area contributed by atoms with Gasteiger partial charge in [0.2, 0.25) is 0 Å². The van der Waals surface area contributed by atoms with E-state index < -0.39 is 6.10 Å². The summed E-state index contributed by atoms with van der Waals surface area (Å²) >= 11 is 6.05. The van der Waals surface area contributed by atoms with Gasteiger partial charge in [-0.2, -0.15) is 0 Å². The Hall–Kier alpha value is -2.04. The lowest BCUT2D eigenvalue weighted by molar-refractivity contribution is -0.138. The van der Waals surface area contributed by atoms with Gasteiger partial charge >= 0.3 is 0 Å². The van der Waals surface area contributed by atoms with E-state index in [-0.39, 0.29) is 12.5 Å². The first-order chi connectivity index (χ1) is 11.6. The van der Waals surface area contributed by atoms with Crippen molar-refractivity contribution in [2.24, 2.45) is 0 Å². The smallest absolute Gasteiger partial charge is 0.263 e. The fraction of sp³-hybridized carbons (Fsp3) is 0.316. The van der Waals surface area contributed by atoms with E-state index in [1.54, 1.807) is 30.0 Å². The number of aliphatic hydroxyl groups excluding tert-OH is 1. The lowest BCUT2D eigenvalue weighted by atomic mass is 9.99. The number of halogens is 1. The molecule has 5 heteroatoms. The first kappa shape index (κ1) is 16.8. The average molecular weight is 346 g/mol. The SMILES string of the molecule is CC(Oc1cccc(CO)c1)C(=O)N1CCc2ccc(Cl)cc2C1. The third-order valence-corrected chi connectivity index (χ3v) is 4.47. The van der Waals surface area contributed by atoms with Crippen LogP contribution in [0, 0.1) is 0 Å². The minimum atomic E-state index is -0.584. The molecule has 1 amide bonds. The minimum Gasteiger partial charge on any atom is -0.481 e. The van der Waals surface area contributed by atoms with Crippen molar-refractivity contribution in [1.82, 2.24) is 4.90 Å². The molecule has 0 fully saturated rings. The lowest BCUT2D eigenvalue weighted by Crippen LogP contribution is -2.43. The van der Waals surface area contributed by atoms with Crippen LogP contribution in [0.5, 0.6) is 5.75 Å². The fourth-order valence-electron chi connectivity index (χ4n) is 2.94. The van der Waals surface area contributed by atoms with Crippen molar-refractivity contribution in [2.45, 2.75) is 32.6 Å². The number of carbonyl (C=O) groups excluding carboxylic acids is 1. The minimum absolute atomic E-state index is 0.0463. The molecule has 0 radical (unpaired) electrons. The van der Waals surface area contributed by atoms with Crippen molar-refractivity contribution in [3.8, 4) is 5.75 Å². The zero-order chi connectivity index (χ0) is 17.1. The van der Waals surface area contributed by atoms with E-state index in [0.717, 1.165) is 17.5 Å². The van der Waals surface area contributed by atoms with Crippen LogP contribution >= 0.6 is 11.6 Å². The zero-order valence-corrected chi connectivity index (χ0v) is 14.3. The van der Waals surface area contributed by atoms with E-state index in [4.69, 9.17) is 16.3 Å². The number of benzene rings is 2. The maximum absolute atomic E-state index is 12.7. The second kappa shape index (κ2) is 7.24. The van der Waals surface area contributed by atoms with Crippen LogP contribution in [0.1, 0.15) is 23.6 Å². The Balaban J connectivity index is 1.67. The van der Waals surface area contributed by atoms with Crippen molar-refractivity contribution >= 4 is 17.5 Å². The Morgan fingerprint density at radius 3 is 2.92 bits per heavy atom. The quantitative estimate of drug-likeness (QED) is 0.925. The zero-order valence-electron chi connectivity index (χ0n) is 13.5. The van der Waals surface area contributed by atoms with Gasteiger partial charge in [-0.25, -0.2) is 0 Å². The number of hydrogen-bond acceptors (Lipinski definition) is 3. The standard InChI is InChI=1S/C19H20ClNO3/c1-13(24-18-4-2-3-14(9-18)12-22)19(23)21-8-7-15-5-6-17(20)10-16(15)11-21/h2-6,9-10,13,22H,7-8,11-12H2,1H3. The molecule has 1 aliphatic rings. The summed E-state index contributed by atoms with van der Waals surface area (Å²) in [6.45, 7) is 2.93. The third-order valence-electron chi connectivity index (χ3n) is 4.23. The molecule has 24 heavy (non-hydrogen) atoms. The molecule has 1 atom stereocenters. The van der Waals surface area contributed by atoms with E-state index in [0.29, 0.717) is 23.9 Å². The van der Waals surface area contributed by atoms with Crippen molar-refractivity contribution in [3.63, 3.8) is 0 Å². The molecule has 2 aromatic carbocycles. The molecule has 1 unspecified atom stereocenters. The Bertz CT molecular complexity index is 747. The van der Waals surface area contributed by atoms with Crippen LogP contribution in [0.15, 0.2) is 42.5 Å². The van der Waals surface area contributed by atoms with Crippen LogP contribution in [0.2, 0.25) is 5.02 Å². The largest absolute Gasteiger partial charge is 0.481 e. The molecule has 1 N–H and O–H groups in total. The number of nitrogens with zero attached hydrogens (tertiary/aromatic N) is 1. The summed E-state index contributed by atoms with van der Waals surface area (Å²) in [7, 11) is 0. The number of fused-ring (bicyclic) bond motifs is 1. The van der Waals surface area contributed by atoms with Crippen LogP contribution in [-0.2, 0) is 24.4 Å². The summed E-state index contributed by atoms with van der Waals surface area (Å²) in [5.74, 6) is 0.540. The maximum Gasteiger partial charge on any atom is 0.263 e. The van der Waals surface area contributed by atoms with Crippen molar-refractivity contribution in [1.29, 1.82) is 0 Å². The highest BCUT2D eigenvalue weighted by atomic mass is 35.5. The van der Waals surface area contributed by atoms with Gasteiger partial charge in [0, 0.05) is 18.1 Å². The highest BCUT2D eigenvalue weighted by Crippen LogP contribution is 2.24. The van der Waals surface area contributed by atoms with Gasteiger partial charge in [-0.3, -0.25) is 4.79 Å². The molecule has 126 valence electrons. The molecule has 0 saturated heterocycles. The third kappa shape index (κ3) is 3.71. The second-order valence-electron chi connectivity index (χ2n) is 5.99. The van der Waals surface area contributed by atoms with Crippen molar-refractivity contribution in [2.75, 3.05) is 6.54 Å². The topological polar surface area (TPSA) is 49.8 Å². The first-order valence-electron chi connectivity index (χ1n) is 7.99. The van der Waals surface area contributed by atoms with Gasteiger partial charge in [0.05, 0.1) is 6.61 Å². The molecule has 0 bridgehead atoms. The summed E-state index contributed by atoms with van der Waals surface area (Å²) < 4.78 is 5.76. The van der Waals surface area contributed by atoms with Crippen LogP contribution in [0.4, 0.5) is 0 Å². The predicted octanol–water partition coefficient (Wildman–Crippen LogP) is 3.18. The van der Waals surface area contributed by atoms with Gasteiger partial charge in [-0.1, -0.05) is 29.8 Å². The highest BCUT2D eigenvalue weighted by molar-refractivity contribution is 6.30. The van der Waals surface area contributed by atoms with Gasteiger partial charge in [-0.05, 0) is 54.3 Å². The van der Waals surface area contributed by atoms with Crippen molar-refractivity contribution < 1.29 is 14.6 Å². The van der Waals surface area contributed by atoms with E-state index in [9.17, 15) is 9.90 Å². The number of aliphatic hydroxyl groups is 1. The van der Waals surface area contributed by atoms with Gasteiger partial charge in [0.15, 0.2) is 6.10 Å². The van der Waals surface area contributed by atoms with Gasteiger partial charge < -0.3 is 14.7 Å². The van der Waals surface area contributed by atoms with Gasteiger partial charge in [0.25, 0.3) is 5.91 Å². The summed E-state index contributed by atoms with van der Waals surface area (Å²) in [5, 5.41) is 9.87. The summed E-state index contributed by atoms with van der Waals surface area (Å²) in [5.41, 5.74) is 3.10. The molecule has 0 aliphatic carbocycles. The number of hydrogen-bond donors (Lipinski definition) is 1. The van der Waals surface area contributed by atoms with Crippen LogP contribution in [0.25, 0.3) is 0 Å². The Kier molecular flexibility index (Phi) is 5.07. The molecule has 1 aliphatic heterocycles. The highest BCUT2D eigenvalue weighted by Gasteiger charge is 2.26. The van der Waals surface area contributed by atoms with Crippen LogP contribution in [-0.4, -0.2) is 28.6 Å². The van der Waals surface area contributed by atoms with E-state index in [1.807, 2.05) is 24.3 Å². The molecule has 3 rings (SSSR count). The second-order valence-corrected chi connectivity index (χ2v) is 6.42. The Labute approximate surface area is 146 Å². The normalized spacial score (nSPS) is 14.9. The molecule has 0 saturated carbocycles. The molecule has 0 spiro atoms. The molecule has 4 nitrogen and oxygen atoms in total. The molecular weight excluding hydrogens is 326 g/mol. The lowest BCUT2D eigenvalue weighted by Gasteiger charge is -2.31.